The zero-order valence-electron chi connectivity index (χ0n) is 15.0. The SMILES string of the molecule is COc1ccc(OCCCN=C(N)NC2CCOc3ccccc32)cc1. The maximum Gasteiger partial charge on any atom is 0.189 e. The van der Waals surface area contributed by atoms with Gasteiger partial charge in [-0.05, 0) is 30.3 Å². The highest BCUT2D eigenvalue weighted by molar-refractivity contribution is 5.78. The first-order valence-corrected chi connectivity index (χ1v) is 8.81. The molecule has 1 atom stereocenters. The lowest BCUT2D eigenvalue weighted by Gasteiger charge is -2.26. The summed E-state index contributed by atoms with van der Waals surface area (Å²) in [5.41, 5.74) is 7.16. The van der Waals surface area contributed by atoms with Gasteiger partial charge in [0.25, 0.3) is 0 Å². The molecule has 2 aromatic carbocycles. The van der Waals surface area contributed by atoms with Crippen molar-refractivity contribution in [2.24, 2.45) is 10.7 Å². The fraction of sp³-hybridized carbons (Fsp3) is 0.350. The molecule has 1 aliphatic heterocycles. The van der Waals surface area contributed by atoms with Crippen molar-refractivity contribution < 1.29 is 14.2 Å². The molecule has 1 aliphatic rings. The van der Waals surface area contributed by atoms with Crippen molar-refractivity contribution in [3.8, 4) is 17.2 Å². The van der Waals surface area contributed by atoms with Crippen LogP contribution < -0.4 is 25.3 Å². The molecule has 0 saturated heterocycles. The first kappa shape index (κ1) is 17.9. The number of para-hydroxylation sites is 1. The molecule has 0 aromatic heterocycles. The van der Waals surface area contributed by atoms with Gasteiger partial charge in [-0.2, -0.15) is 0 Å². The van der Waals surface area contributed by atoms with Crippen LogP contribution in [0.1, 0.15) is 24.4 Å². The molecule has 6 heteroatoms. The average Bonchev–Trinajstić information content (AvgIpc) is 2.68. The van der Waals surface area contributed by atoms with Crippen molar-refractivity contribution in [1.82, 2.24) is 5.32 Å². The van der Waals surface area contributed by atoms with Crippen LogP contribution in [0.4, 0.5) is 0 Å². The lowest BCUT2D eigenvalue weighted by atomic mass is 10.0. The molecule has 0 aliphatic carbocycles. The van der Waals surface area contributed by atoms with Gasteiger partial charge < -0.3 is 25.3 Å². The molecule has 0 fully saturated rings. The van der Waals surface area contributed by atoms with E-state index in [9.17, 15) is 0 Å². The molecule has 2 aromatic rings. The third-order valence-electron chi connectivity index (χ3n) is 4.19. The van der Waals surface area contributed by atoms with Crippen LogP contribution in [-0.4, -0.2) is 32.8 Å². The van der Waals surface area contributed by atoms with Crippen LogP contribution in [-0.2, 0) is 0 Å². The fourth-order valence-corrected chi connectivity index (χ4v) is 2.84. The highest BCUT2D eigenvalue weighted by Gasteiger charge is 2.21. The predicted molar refractivity (Wildman–Crippen MR) is 102 cm³/mol. The number of hydrogen-bond acceptors (Lipinski definition) is 4. The summed E-state index contributed by atoms with van der Waals surface area (Å²) in [6, 6.07) is 15.7. The molecule has 6 nitrogen and oxygen atoms in total. The average molecular weight is 355 g/mol. The summed E-state index contributed by atoms with van der Waals surface area (Å²) in [6.45, 7) is 1.88. The molecule has 1 unspecified atom stereocenters. The smallest absolute Gasteiger partial charge is 0.189 e. The third kappa shape index (κ3) is 4.81. The number of nitrogens with two attached hydrogens (primary N) is 1. The second kappa shape index (κ2) is 8.99. The van der Waals surface area contributed by atoms with E-state index in [0.717, 1.165) is 35.7 Å². The number of nitrogens with one attached hydrogen (secondary N) is 1. The molecular formula is C20H25N3O3. The molecule has 138 valence electrons. The second-order valence-corrected chi connectivity index (χ2v) is 6.02. The number of guanidine groups is 1. The number of benzene rings is 2. The van der Waals surface area contributed by atoms with E-state index < -0.39 is 0 Å². The van der Waals surface area contributed by atoms with Gasteiger partial charge in [0.05, 0.1) is 26.4 Å². The van der Waals surface area contributed by atoms with E-state index in [4.69, 9.17) is 19.9 Å². The predicted octanol–water partition coefficient (Wildman–Crippen LogP) is 2.89. The highest BCUT2D eigenvalue weighted by Crippen LogP contribution is 2.31. The first-order valence-electron chi connectivity index (χ1n) is 8.81. The number of aliphatic imine (C=N–C) groups is 1. The van der Waals surface area contributed by atoms with E-state index in [-0.39, 0.29) is 6.04 Å². The minimum atomic E-state index is 0.138. The van der Waals surface area contributed by atoms with E-state index in [1.807, 2.05) is 42.5 Å². The molecular weight excluding hydrogens is 330 g/mol. The van der Waals surface area contributed by atoms with Gasteiger partial charge in [-0.3, -0.25) is 4.99 Å². The number of methoxy groups -OCH3 is 1. The number of rotatable bonds is 7. The molecule has 0 radical (unpaired) electrons. The standard InChI is InChI=1S/C20H25N3O3/c1-24-15-7-9-16(10-8-15)25-13-4-12-22-20(21)23-18-11-14-26-19-6-3-2-5-17(18)19/h2-3,5-10,18H,4,11-14H2,1H3,(H3,21,22,23). The zero-order chi connectivity index (χ0) is 18.2. The summed E-state index contributed by atoms with van der Waals surface area (Å²) in [5.74, 6) is 3.00. The zero-order valence-corrected chi connectivity index (χ0v) is 15.0. The maximum atomic E-state index is 6.03. The van der Waals surface area contributed by atoms with Crippen molar-refractivity contribution in [3.05, 3.63) is 54.1 Å². The third-order valence-corrected chi connectivity index (χ3v) is 4.19. The molecule has 0 amide bonds. The van der Waals surface area contributed by atoms with Crippen LogP contribution in [0.15, 0.2) is 53.5 Å². The van der Waals surface area contributed by atoms with Crippen LogP contribution in [0.5, 0.6) is 17.2 Å². The largest absolute Gasteiger partial charge is 0.497 e. The Balaban J connectivity index is 1.41. The van der Waals surface area contributed by atoms with E-state index in [2.05, 4.69) is 16.4 Å². The van der Waals surface area contributed by atoms with Gasteiger partial charge in [0.1, 0.15) is 17.2 Å². The Kier molecular flexibility index (Phi) is 6.19. The van der Waals surface area contributed by atoms with Crippen LogP contribution in [0.3, 0.4) is 0 Å². The number of nitrogens with zero attached hydrogens (tertiary/aromatic N) is 1. The summed E-state index contributed by atoms with van der Waals surface area (Å²) >= 11 is 0. The summed E-state index contributed by atoms with van der Waals surface area (Å²) < 4.78 is 16.5. The maximum absolute atomic E-state index is 6.03. The van der Waals surface area contributed by atoms with Crippen molar-refractivity contribution in [3.63, 3.8) is 0 Å². The molecule has 1 heterocycles. The van der Waals surface area contributed by atoms with Gasteiger partial charge in [-0.15, -0.1) is 0 Å². The van der Waals surface area contributed by atoms with Crippen LogP contribution >= 0.6 is 0 Å². The van der Waals surface area contributed by atoms with E-state index in [1.165, 1.54) is 0 Å². The van der Waals surface area contributed by atoms with E-state index in [1.54, 1.807) is 7.11 Å². The fourth-order valence-electron chi connectivity index (χ4n) is 2.84. The molecule has 26 heavy (non-hydrogen) atoms. The second-order valence-electron chi connectivity index (χ2n) is 6.02. The van der Waals surface area contributed by atoms with Gasteiger partial charge in [0.15, 0.2) is 5.96 Å². The number of ether oxygens (including phenoxy) is 3. The van der Waals surface area contributed by atoms with E-state index >= 15 is 0 Å². The summed E-state index contributed by atoms with van der Waals surface area (Å²) in [6.07, 6.45) is 1.66. The topological polar surface area (TPSA) is 78.1 Å². The van der Waals surface area contributed by atoms with Gasteiger partial charge >= 0.3 is 0 Å². The highest BCUT2D eigenvalue weighted by atomic mass is 16.5. The Morgan fingerprint density at radius 2 is 1.96 bits per heavy atom. The Hall–Kier alpha value is -2.89. The minimum Gasteiger partial charge on any atom is -0.497 e. The normalized spacial score (nSPS) is 16.3. The molecule has 3 rings (SSSR count). The molecule has 0 spiro atoms. The Bertz CT molecular complexity index is 731. The Labute approximate surface area is 154 Å². The molecule has 0 saturated carbocycles. The van der Waals surface area contributed by atoms with Crippen molar-refractivity contribution >= 4 is 5.96 Å². The Morgan fingerprint density at radius 3 is 2.77 bits per heavy atom. The molecule has 3 N–H and O–H groups in total. The number of hydrogen-bond donors (Lipinski definition) is 2. The van der Waals surface area contributed by atoms with E-state index in [0.29, 0.717) is 25.7 Å². The lowest BCUT2D eigenvalue weighted by Crippen LogP contribution is -2.37. The van der Waals surface area contributed by atoms with Gasteiger partial charge in [0, 0.05) is 24.9 Å². The van der Waals surface area contributed by atoms with Crippen molar-refractivity contribution in [1.29, 1.82) is 0 Å². The quantitative estimate of drug-likeness (QED) is 0.454. The summed E-state index contributed by atoms with van der Waals surface area (Å²) in [4.78, 5) is 4.39. The van der Waals surface area contributed by atoms with Crippen molar-refractivity contribution in [2.75, 3.05) is 26.9 Å². The van der Waals surface area contributed by atoms with Crippen LogP contribution in [0, 0.1) is 0 Å². The van der Waals surface area contributed by atoms with Gasteiger partial charge in [0.2, 0.25) is 0 Å². The monoisotopic (exact) mass is 355 g/mol. The van der Waals surface area contributed by atoms with Crippen LogP contribution in [0.25, 0.3) is 0 Å². The number of fused-ring (bicyclic) bond motifs is 1. The minimum absolute atomic E-state index is 0.138. The Morgan fingerprint density at radius 1 is 1.19 bits per heavy atom. The molecule has 0 bridgehead atoms. The summed E-state index contributed by atoms with van der Waals surface area (Å²) in [7, 11) is 1.64. The lowest BCUT2D eigenvalue weighted by molar-refractivity contribution is 0.262. The summed E-state index contributed by atoms with van der Waals surface area (Å²) in [5, 5.41) is 3.29. The van der Waals surface area contributed by atoms with Gasteiger partial charge in [-0.25, -0.2) is 0 Å². The van der Waals surface area contributed by atoms with Crippen LogP contribution in [0.2, 0.25) is 0 Å². The first-order chi connectivity index (χ1) is 12.8. The van der Waals surface area contributed by atoms with Gasteiger partial charge in [-0.1, -0.05) is 18.2 Å². The van der Waals surface area contributed by atoms with Crippen molar-refractivity contribution in [2.45, 2.75) is 18.9 Å².